The summed E-state index contributed by atoms with van der Waals surface area (Å²) in [7, 11) is 0. The van der Waals surface area contributed by atoms with Crippen LogP contribution >= 0.6 is 0 Å². The lowest BCUT2D eigenvalue weighted by atomic mass is 10.5. The number of amides is 2. The highest BCUT2D eigenvalue weighted by Gasteiger charge is 1.97. The first-order valence-electron chi connectivity index (χ1n) is 7.06. The zero-order chi connectivity index (χ0) is 14.2. The van der Waals surface area contributed by atoms with Gasteiger partial charge in [0.15, 0.2) is 0 Å². The normalized spacial score (nSPS) is 10.4. The summed E-state index contributed by atoms with van der Waals surface area (Å²) in [6, 6.07) is -0.144. The van der Waals surface area contributed by atoms with Crippen LogP contribution in [0.15, 0.2) is 0 Å². The van der Waals surface area contributed by atoms with Crippen LogP contribution in [0.5, 0.6) is 0 Å². The molecular weight excluding hydrogens is 248 g/mol. The van der Waals surface area contributed by atoms with Gasteiger partial charge in [-0.1, -0.05) is 13.8 Å². The second kappa shape index (κ2) is 15.2. The van der Waals surface area contributed by atoms with Crippen LogP contribution in [0, 0.1) is 0 Å². The highest BCUT2D eigenvalue weighted by molar-refractivity contribution is 5.73. The molecule has 0 aliphatic carbocycles. The topological polar surface area (TPSA) is 68.8 Å². The molecule has 0 saturated carbocycles. The molecule has 0 aromatic carbocycles. The summed E-state index contributed by atoms with van der Waals surface area (Å²) >= 11 is 0. The number of hydrogen-bond acceptors (Lipinski definition) is 4. The molecule has 0 aromatic heterocycles. The second-order valence-electron chi connectivity index (χ2n) is 4.02. The Bertz CT molecular complexity index is 203. The molecule has 0 saturated heterocycles. The van der Waals surface area contributed by atoms with Gasteiger partial charge in [-0.15, -0.1) is 0 Å². The molecule has 0 radical (unpaired) electrons. The first-order valence-corrected chi connectivity index (χ1v) is 7.06. The number of hydrogen-bond donors (Lipinski definition) is 2. The third kappa shape index (κ3) is 15.1. The first-order chi connectivity index (χ1) is 9.31. The lowest BCUT2D eigenvalue weighted by Gasteiger charge is -2.08. The number of carbonyl (C=O) groups excluding carboxylic acids is 1. The van der Waals surface area contributed by atoms with Gasteiger partial charge >= 0.3 is 6.03 Å². The highest BCUT2D eigenvalue weighted by Crippen LogP contribution is 1.83. The fourth-order valence-electron chi connectivity index (χ4n) is 1.22. The molecule has 0 aromatic rings. The van der Waals surface area contributed by atoms with Crippen molar-refractivity contribution in [2.75, 3.05) is 52.7 Å². The minimum absolute atomic E-state index is 0.144. The molecule has 0 aliphatic rings. The van der Waals surface area contributed by atoms with Crippen molar-refractivity contribution in [3.8, 4) is 0 Å². The quantitative estimate of drug-likeness (QED) is 0.495. The van der Waals surface area contributed by atoms with Gasteiger partial charge in [0, 0.05) is 19.7 Å². The largest absolute Gasteiger partial charge is 0.379 e. The molecule has 19 heavy (non-hydrogen) atoms. The van der Waals surface area contributed by atoms with Crippen LogP contribution in [-0.2, 0) is 14.2 Å². The zero-order valence-corrected chi connectivity index (χ0v) is 12.2. The van der Waals surface area contributed by atoms with E-state index >= 15 is 0 Å². The van der Waals surface area contributed by atoms with Crippen molar-refractivity contribution in [3.05, 3.63) is 0 Å². The van der Waals surface area contributed by atoms with Gasteiger partial charge < -0.3 is 24.8 Å². The van der Waals surface area contributed by atoms with Crippen molar-refractivity contribution in [3.63, 3.8) is 0 Å². The minimum Gasteiger partial charge on any atom is -0.379 e. The third-order valence-corrected chi connectivity index (χ3v) is 2.16. The van der Waals surface area contributed by atoms with Crippen molar-refractivity contribution < 1.29 is 19.0 Å². The van der Waals surface area contributed by atoms with Gasteiger partial charge in [0.05, 0.1) is 33.0 Å². The summed E-state index contributed by atoms with van der Waals surface area (Å²) < 4.78 is 15.9. The summed E-state index contributed by atoms with van der Waals surface area (Å²) in [4.78, 5) is 11.1. The van der Waals surface area contributed by atoms with E-state index in [1.807, 2.05) is 6.92 Å². The van der Waals surface area contributed by atoms with Crippen LogP contribution in [-0.4, -0.2) is 58.8 Å². The van der Waals surface area contributed by atoms with Crippen molar-refractivity contribution in [2.24, 2.45) is 0 Å². The van der Waals surface area contributed by atoms with Gasteiger partial charge in [0.25, 0.3) is 0 Å². The summed E-state index contributed by atoms with van der Waals surface area (Å²) in [5.41, 5.74) is 0. The number of urea groups is 1. The molecule has 0 spiro atoms. The van der Waals surface area contributed by atoms with Crippen molar-refractivity contribution >= 4 is 6.03 Å². The molecule has 6 nitrogen and oxygen atoms in total. The van der Waals surface area contributed by atoms with E-state index in [-0.39, 0.29) is 6.03 Å². The summed E-state index contributed by atoms with van der Waals surface area (Å²) in [6.45, 7) is 8.89. The molecule has 114 valence electrons. The Hall–Kier alpha value is -0.850. The Labute approximate surface area is 116 Å². The minimum atomic E-state index is -0.144. The maximum atomic E-state index is 11.1. The van der Waals surface area contributed by atoms with Crippen LogP contribution < -0.4 is 10.6 Å². The van der Waals surface area contributed by atoms with Crippen LogP contribution in [0.25, 0.3) is 0 Å². The van der Waals surface area contributed by atoms with Crippen molar-refractivity contribution in [2.45, 2.75) is 26.7 Å². The van der Waals surface area contributed by atoms with Gasteiger partial charge in [-0.3, -0.25) is 0 Å². The molecule has 0 aliphatic heterocycles. The Morgan fingerprint density at radius 3 is 1.84 bits per heavy atom. The van der Waals surface area contributed by atoms with Crippen LogP contribution in [0.2, 0.25) is 0 Å². The zero-order valence-electron chi connectivity index (χ0n) is 12.2. The van der Waals surface area contributed by atoms with Crippen molar-refractivity contribution in [1.29, 1.82) is 0 Å². The lowest BCUT2D eigenvalue weighted by Crippen LogP contribution is -2.37. The number of ether oxygens (including phenoxy) is 3. The molecule has 2 amide bonds. The lowest BCUT2D eigenvalue weighted by molar-refractivity contribution is 0.0155. The van der Waals surface area contributed by atoms with Gasteiger partial charge in [-0.25, -0.2) is 4.79 Å². The summed E-state index contributed by atoms with van der Waals surface area (Å²) in [6.07, 6.45) is 1.96. The monoisotopic (exact) mass is 276 g/mol. The van der Waals surface area contributed by atoms with E-state index in [9.17, 15) is 4.79 Å². The van der Waals surface area contributed by atoms with Crippen LogP contribution in [0.4, 0.5) is 4.79 Å². The van der Waals surface area contributed by atoms with Crippen LogP contribution in [0.1, 0.15) is 26.7 Å². The van der Waals surface area contributed by atoms with E-state index < -0.39 is 0 Å². The molecule has 2 N–H and O–H groups in total. The Morgan fingerprint density at radius 1 is 0.737 bits per heavy atom. The van der Waals surface area contributed by atoms with E-state index in [1.165, 1.54) is 0 Å². The van der Waals surface area contributed by atoms with E-state index in [2.05, 4.69) is 17.6 Å². The molecule has 0 unspecified atom stereocenters. The second-order valence-corrected chi connectivity index (χ2v) is 4.02. The Morgan fingerprint density at radius 2 is 1.26 bits per heavy atom. The molecule has 0 fully saturated rings. The predicted molar refractivity (Wildman–Crippen MR) is 74.4 cm³/mol. The molecule has 0 atom stereocenters. The molecule has 0 rings (SSSR count). The highest BCUT2D eigenvalue weighted by atomic mass is 16.5. The standard InChI is InChI=1S/C13H28N2O4/c1-3-5-14-13(16)15-6-8-18-10-12-19-11-9-17-7-4-2/h3-12H2,1-2H3,(H2,14,15,16). The smallest absolute Gasteiger partial charge is 0.314 e. The summed E-state index contributed by atoms with van der Waals surface area (Å²) in [5.74, 6) is 0. The van der Waals surface area contributed by atoms with Gasteiger partial charge in [-0.2, -0.15) is 0 Å². The van der Waals surface area contributed by atoms with Crippen molar-refractivity contribution in [1.82, 2.24) is 10.6 Å². The molecule has 6 heteroatoms. The third-order valence-electron chi connectivity index (χ3n) is 2.16. The van der Waals surface area contributed by atoms with E-state index in [4.69, 9.17) is 14.2 Å². The Kier molecular flexibility index (Phi) is 14.5. The number of nitrogens with one attached hydrogen (secondary N) is 2. The van der Waals surface area contributed by atoms with E-state index in [1.54, 1.807) is 0 Å². The van der Waals surface area contributed by atoms with E-state index in [0.29, 0.717) is 46.1 Å². The average Bonchev–Trinajstić information content (AvgIpc) is 2.42. The van der Waals surface area contributed by atoms with Crippen LogP contribution in [0.3, 0.4) is 0 Å². The Balaban J connectivity index is 3.04. The molecular formula is C13H28N2O4. The summed E-state index contributed by atoms with van der Waals surface area (Å²) in [5, 5.41) is 5.43. The van der Waals surface area contributed by atoms with Gasteiger partial charge in [0.1, 0.15) is 0 Å². The maximum absolute atomic E-state index is 11.1. The number of rotatable bonds is 13. The SMILES string of the molecule is CCCNC(=O)NCCOCCOCCOCCC. The number of carbonyl (C=O) groups is 1. The molecule has 0 heterocycles. The first kappa shape index (κ1) is 18.1. The van der Waals surface area contributed by atoms with E-state index in [0.717, 1.165) is 19.4 Å². The van der Waals surface area contributed by atoms with Gasteiger partial charge in [-0.05, 0) is 12.8 Å². The fraction of sp³-hybridized carbons (Fsp3) is 0.923. The fourth-order valence-corrected chi connectivity index (χ4v) is 1.22. The van der Waals surface area contributed by atoms with Gasteiger partial charge in [0.2, 0.25) is 0 Å². The maximum Gasteiger partial charge on any atom is 0.314 e. The average molecular weight is 276 g/mol. The predicted octanol–water partition coefficient (Wildman–Crippen LogP) is 1.16. The molecule has 0 bridgehead atoms.